The smallest absolute Gasteiger partial charge is 0.345 e. The van der Waals surface area contributed by atoms with E-state index in [-0.39, 0.29) is 0 Å². The van der Waals surface area contributed by atoms with Gasteiger partial charge in [0.15, 0.2) is 0 Å². The molecule has 34 heavy (non-hydrogen) atoms. The average molecular weight is 464 g/mol. The summed E-state index contributed by atoms with van der Waals surface area (Å²) in [5, 5.41) is 18.1. The lowest BCUT2D eigenvalue weighted by Crippen LogP contribution is -2.03. The minimum Gasteiger partial charge on any atom is -0.422 e. The second-order valence-electron chi connectivity index (χ2n) is 8.27. The van der Waals surface area contributed by atoms with Gasteiger partial charge in [0.2, 0.25) is 0 Å². The molecule has 2 aromatic heterocycles. The van der Waals surface area contributed by atoms with E-state index < -0.39 is 5.63 Å². The molecule has 0 fully saturated rings. The van der Waals surface area contributed by atoms with E-state index in [9.17, 15) is 10.1 Å². The third-order valence-corrected chi connectivity index (χ3v) is 6.61. The van der Waals surface area contributed by atoms with Crippen molar-refractivity contribution in [3.8, 4) is 17.3 Å². The second-order valence-corrected chi connectivity index (χ2v) is 9.13. The van der Waals surface area contributed by atoms with Crippen LogP contribution in [0.1, 0.15) is 30.3 Å². The van der Waals surface area contributed by atoms with Crippen molar-refractivity contribution in [2.24, 2.45) is 0 Å². The first-order chi connectivity index (χ1) is 16.5. The number of anilines is 1. The van der Waals surface area contributed by atoms with Gasteiger partial charge >= 0.3 is 5.63 Å². The number of nitrogens with zero attached hydrogens (tertiary/aromatic N) is 2. The number of aromatic nitrogens is 1. The number of rotatable bonds is 5. The molecule has 0 saturated carbocycles. The zero-order valence-electron chi connectivity index (χ0n) is 18.7. The Bertz CT molecular complexity index is 1640. The first kappa shape index (κ1) is 21.6. The molecule has 5 nitrogen and oxygen atoms in total. The first-order valence-corrected chi connectivity index (χ1v) is 11.8. The largest absolute Gasteiger partial charge is 0.422 e. The molecule has 5 rings (SSSR count). The Morgan fingerprint density at radius 1 is 1.09 bits per heavy atom. The molecule has 0 saturated heterocycles. The van der Waals surface area contributed by atoms with E-state index in [1.807, 2.05) is 54.6 Å². The second kappa shape index (κ2) is 8.97. The van der Waals surface area contributed by atoms with Crippen LogP contribution in [0.2, 0.25) is 0 Å². The fraction of sp³-hybridized carbons (Fsp3) is 0.107. The Balaban J connectivity index is 1.48. The van der Waals surface area contributed by atoms with Gasteiger partial charge in [-0.1, -0.05) is 56.3 Å². The molecule has 0 atom stereocenters. The summed E-state index contributed by atoms with van der Waals surface area (Å²) in [5.74, 6) is 0.457. The van der Waals surface area contributed by atoms with Crippen LogP contribution in [-0.2, 0) is 0 Å². The minimum absolute atomic E-state index is 0.376. The van der Waals surface area contributed by atoms with E-state index in [2.05, 4.69) is 42.4 Å². The first-order valence-electron chi connectivity index (χ1n) is 10.9. The molecule has 3 aromatic carbocycles. The van der Waals surface area contributed by atoms with Gasteiger partial charge in [-0.05, 0) is 46.5 Å². The molecule has 0 bridgehead atoms. The summed E-state index contributed by atoms with van der Waals surface area (Å²) in [4.78, 5) is 17.3. The molecule has 0 radical (unpaired) electrons. The molecule has 5 aromatic rings. The minimum atomic E-state index is -0.453. The van der Waals surface area contributed by atoms with Crippen molar-refractivity contribution in [2.45, 2.75) is 19.8 Å². The van der Waals surface area contributed by atoms with Gasteiger partial charge in [-0.3, -0.25) is 0 Å². The van der Waals surface area contributed by atoms with Crippen molar-refractivity contribution in [3.05, 3.63) is 99.3 Å². The Morgan fingerprint density at radius 3 is 2.65 bits per heavy atom. The normalized spacial score (nSPS) is 11.8. The lowest BCUT2D eigenvalue weighted by molar-refractivity contribution is 0.563. The monoisotopic (exact) mass is 463 g/mol. The average Bonchev–Trinajstić information content (AvgIpc) is 3.34. The molecule has 0 amide bonds. The van der Waals surface area contributed by atoms with Gasteiger partial charge in [0, 0.05) is 22.7 Å². The summed E-state index contributed by atoms with van der Waals surface area (Å²) in [7, 11) is 0. The number of benzene rings is 3. The summed E-state index contributed by atoms with van der Waals surface area (Å²) in [5.41, 5.74) is 3.47. The number of nitriles is 1. The molecular weight excluding hydrogens is 442 g/mol. The summed E-state index contributed by atoms with van der Waals surface area (Å²) in [6.07, 6.45) is 1.64. The molecule has 0 unspecified atom stereocenters. The molecule has 2 heterocycles. The van der Waals surface area contributed by atoms with Gasteiger partial charge in [0.1, 0.15) is 22.2 Å². The highest BCUT2D eigenvalue weighted by Crippen LogP contribution is 2.30. The number of fused-ring (bicyclic) bond motifs is 3. The van der Waals surface area contributed by atoms with E-state index in [1.165, 1.54) is 16.9 Å². The molecule has 166 valence electrons. The summed E-state index contributed by atoms with van der Waals surface area (Å²) < 4.78 is 5.60. The standard InChI is InChI=1S/C28H21N3O2S/c1-17(2)18-7-10-21(11-8-18)30-15-20(14-29)27-31-25(16-34-27)24-13-23-22-6-4-3-5-19(22)9-12-26(23)33-28(24)32/h3-13,15-17,30H,1-2H3/b20-15+. The zero-order valence-corrected chi connectivity index (χ0v) is 19.5. The number of hydrogen-bond acceptors (Lipinski definition) is 6. The van der Waals surface area contributed by atoms with Crippen LogP contribution in [0.3, 0.4) is 0 Å². The summed E-state index contributed by atoms with van der Waals surface area (Å²) >= 11 is 1.31. The van der Waals surface area contributed by atoms with E-state index in [1.54, 1.807) is 11.6 Å². The molecule has 0 aliphatic rings. The lowest BCUT2D eigenvalue weighted by Gasteiger charge is -2.07. The van der Waals surface area contributed by atoms with E-state index in [0.29, 0.717) is 33.3 Å². The summed E-state index contributed by atoms with van der Waals surface area (Å²) in [6.45, 7) is 4.30. The van der Waals surface area contributed by atoms with E-state index in [4.69, 9.17) is 4.42 Å². The van der Waals surface area contributed by atoms with E-state index in [0.717, 1.165) is 21.8 Å². The van der Waals surface area contributed by atoms with Gasteiger partial charge in [0.05, 0.1) is 11.3 Å². The highest BCUT2D eigenvalue weighted by Gasteiger charge is 2.15. The molecule has 1 N–H and O–H groups in total. The third kappa shape index (κ3) is 4.09. The predicted octanol–water partition coefficient (Wildman–Crippen LogP) is 7.17. The topological polar surface area (TPSA) is 78.9 Å². The van der Waals surface area contributed by atoms with Crippen molar-refractivity contribution in [2.75, 3.05) is 5.32 Å². The van der Waals surface area contributed by atoms with Crippen LogP contribution in [0.25, 0.3) is 38.6 Å². The van der Waals surface area contributed by atoms with E-state index >= 15 is 0 Å². The van der Waals surface area contributed by atoms with Crippen LogP contribution in [0.15, 0.2) is 87.5 Å². The lowest BCUT2D eigenvalue weighted by atomic mass is 10.0. The van der Waals surface area contributed by atoms with Crippen molar-refractivity contribution >= 4 is 44.3 Å². The van der Waals surface area contributed by atoms with Crippen LogP contribution < -0.4 is 10.9 Å². The molecule has 0 spiro atoms. The fourth-order valence-electron chi connectivity index (χ4n) is 3.83. The van der Waals surface area contributed by atoms with Crippen molar-refractivity contribution in [1.29, 1.82) is 5.26 Å². The third-order valence-electron chi connectivity index (χ3n) is 5.73. The van der Waals surface area contributed by atoms with Gasteiger partial charge in [0.25, 0.3) is 0 Å². The van der Waals surface area contributed by atoms with Crippen LogP contribution in [0.4, 0.5) is 5.69 Å². The Hall–Kier alpha value is -4.21. The van der Waals surface area contributed by atoms with Crippen LogP contribution in [-0.4, -0.2) is 4.98 Å². The predicted molar refractivity (Wildman–Crippen MR) is 139 cm³/mol. The number of hydrogen-bond donors (Lipinski definition) is 1. The summed E-state index contributed by atoms with van der Waals surface area (Å²) in [6, 6.07) is 23.8. The van der Waals surface area contributed by atoms with Crippen molar-refractivity contribution < 1.29 is 4.42 Å². The van der Waals surface area contributed by atoms with Gasteiger partial charge < -0.3 is 9.73 Å². The van der Waals surface area contributed by atoms with Crippen LogP contribution in [0, 0.1) is 11.3 Å². The van der Waals surface area contributed by atoms with Crippen LogP contribution >= 0.6 is 11.3 Å². The fourth-order valence-corrected chi connectivity index (χ4v) is 4.62. The molecule has 6 heteroatoms. The van der Waals surface area contributed by atoms with Crippen molar-refractivity contribution in [1.82, 2.24) is 4.98 Å². The maximum absolute atomic E-state index is 12.7. The van der Waals surface area contributed by atoms with Gasteiger partial charge in [-0.25, -0.2) is 9.78 Å². The van der Waals surface area contributed by atoms with Crippen molar-refractivity contribution in [3.63, 3.8) is 0 Å². The highest BCUT2D eigenvalue weighted by molar-refractivity contribution is 7.11. The van der Waals surface area contributed by atoms with Crippen LogP contribution in [0.5, 0.6) is 0 Å². The molecular formula is C28H21N3O2S. The molecule has 0 aliphatic carbocycles. The maximum atomic E-state index is 12.7. The van der Waals surface area contributed by atoms with Gasteiger partial charge in [-0.2, -0.15) is 5.26 Å². The molecule has 0 aliphatic heterocycles. The Morgan fingerprint density at radius 2 is 1.88 bits per heavy atom. The van der Waals surface area contributed by atoms with Gasteiger partial charge in [-0.15, -0.1) is 11.3 Å². The SMILES string of the molecule is CC(C)c1ccc(N/C=C(\C#N)c2nc(-c3cc4c(ccc5ccccc54)oc3=O)cs2)cc1. The number of allylic oxidation sites excluding steroid dienone is 1. The zero-order chi connectivity index (χ0) is 23.7. The number of thiazole rings is 1. The Labute approximate surface area is 200 Å². The highest BCUT2D eigenvalue weighted by atomic mass is 32.1. The quantitative estimate of drug-likeness (QED) is 0.170. The number of nitrogens with one attached hydrogen (secondary N) is 1. The Kier molecular flexibility index (Phi) is 5.70. The maximum Gasteiger partial charge on any atom is 0.345 e.